The van der Waals surface area contributed by atoms with Gasteiger partial charge in [0.05, 0.1) is 24.3 Å². The molecule has 2 rings (SSSR count). The molecule has 0 radical (unpaired) electrons. The van der Waals surface area contributed by atoms with Crippen LogP contribution in [0.4, 0.5) is 23.4 Å². The minimum Gasteiger partial charge on any atom is -0.363 e. The smallest absolute Gasteiger partial charge is 0.363 e. The SMILES string of the molecule is CCNC(=NCc1ccc(F)cc1C(F)(F)F)NCc1cccc(N(C)C)n1. The van der Waals surface area contributed by atoms with Crippen LogP contribution in [0.15, 0.2) is 41.4 Å². The Morgan fingerprint density at radius 1 is 1.14 bits per heavy atom. The van der Waals surface area contributed by atoms with Crippen molar-refractivity contribution in [2.45, 2.75) is 26.2 Å². The van der Waals surface area contributed by atoms with Gasteiger partial charge in [0, 0.05) is 20.6 Å². The van der Waals surface area contributed by atoms with E-state index in [1.807, 2.05) is 44.1 Å². The average Bonchev–Trinajstić information content (AvgIpc) is 2.64. The van der Waals surface area contributed by atoms with E-state index in [4.69, 9.17) is 0 Å². The minimum absolute atomic E-state index is 0.0983. The van der Waals surface area contributed by atoms with Gasteiger partial charge in [-0.2, -0.15) is 13.2 Å². The summed E-state index contributed by atoms with van der Waals surface area (Å²) >= 11 is 0. The van der Waals surface area contributed by atoms with Crippen LogP contribution in [0, 0.1) is 5.82 Å². The Morgan fingerprint density at radius 3 is 2.54 bits per heavy atom. The van der Waals surface area contributed by atoms with Crippen LogP contribution in [0.1, 0.15) is 23.7 Å². The van der Waals surface area contributed by atoms with Crippen molar-refractivity contribution in [1.29, 1.82) is 0 Å². The van der Waals surface area contributed by atoms with Crippen LogP contribution in [-0.4, -0.2) is 31.6 Å². The highest BCUT2D eigenvalue weighted by molar-refractivity contribution is 5.79. The average molecular weight is 397 g/mol. The first-order chi connectivity index (χ1) is 13.2. The highest BCUT2D eigenvalue weighted by atomic mass is 19.4. The highest BCUT2D eigenvalue weighted by Gasteiger charge is 2.33. The Hall–Kier alpha value is -2.84. The van der Waals surface area contributed by atoms with Crippen molar-refractivity contribution >= 4 is 11.8 Å². The summed E-state index contributed by atoms with van der Waals surface area (Å²) in [4.78, 5) is 10.5. The van der Waals surface area contributed by atoms with Crippen LogP contribution >= 0.6 is 0 Å². The van der Waals surface area contributed by atoms with Crippen LogP contribution < -0.4 is 15.5 Å². The number of nitrogens with one attached hydrogen (secondary N) is 2. The van der Waals surface area contributed by atoms with Crippen molar-refractivity contribution in [3.8, 4) is 0 Å². The third-order valence-corrected chi connectivity index (χ3v) is 3.82. The van der Waals surface area contributed by atoms with Gasteiger partial charge in [-0.05, 0) is 36.8 Å². The lowest BCUT2D eigenvalue weighted by atomic mass is 10.1. The van der Waals surface area contributed by atoms with Crippen molar-refractivity contribution in [3.63, 3.8) is 0 Å². The molecule has 0 saturated carbocycles. The Morgan fingerprint density at radius 2 is 1.89 bits per heavy atom. The number of aromatic nitrogens is 1. The third-order valence-electron chi connectivity index (χ3n) is 3.82. The van der Waals surface area contributed by atoms with Crippen LogP contribution in [0.25, 0.3) is 0 Å². The number of pyridine rings is 1. The molecule has 0 aliphatic rings. The van der Waals surface area contributed by atoms with Gasteiger partial charge >= 0.3 is 6.18 Å². The maximum atomic E-state index is 13.2. The van der Waals surface area contributed by atoms with Gasteiger partial charge in [-0.25, -0.2) is 14.4 Å². The first-order valence-corrected chi connectivity index (χ1v) is 8.71. The lowest BCUT2D eigenvalue weighted by Gasteiger charge is -2.15. The number of anilines is 1. The monoisotopic (exact) mass is 397 g/mol. The summed E-state index contributed by atoms with van der Waals surface area (Å²) in [5, 5.41) is 6.02. The molecular weight excluding hydrogens is 374 g/mol. The fourth-order valence-electron chi connectivity index (χ4n) is 2.45. The molecule has 0 amide bonds. The molecule has 2 aromatic rings. The molecule has 0 saturated heterocycles. The Labute approximate surface area is 161 Å². The van der Waals surface area contributed by atoms with E-state index in [9.17, 15) is 17.6 Å². The van der Waals surface area contributed by atoms with E-state index in [0.717, 1.165) is 23.6 Å². The molecule has 0 aliphatic carbocycles. The van der Waals surface area contributed by atoms with Gasteiger partial charge in [-0.1, -0.05) is 12.1 Å². The zero-order valence-electron chi connectivity index (χ0n) is 15.9. The van der Waals surface area contributed by atoms with Gasteiger partial charge < -0.3 is 15.5 Å². The summed E-state index contributed by atoms with van der Waals surface area (Å²) in [6.45, 7) is 2.49. The second kappa shape index (κ2) is 9.38. The third kappa shape index (κ3) is 6.11. The zero-order chi connectivity index (χ0) is 20.7. The number of hydrogen-bond donors (Lipinski definition) is 2. The molecule has 0 fully saturated rings. The van der Waals surface area contributed by atoms with E-state index in [0.29, 0.717) is 25.1 Å². The number of aliphatic imine (C=N–C) groups is 1. The summed E-state index contributed by atoms with van der Waals surface area (Å²) in [5.74, 6) is 0.205. The molecule has 0 spiro atoms. The molecule has 1 aromatic heterocycles. The van der Waals surface area contributed by atoms with Crippen LogP contribution in [0.3, 0.4) is 0 Å². The number of rotatable bonds is 6. The number of halogens is 4. The summed E-state index contributed by atoms with van der Waals surface area (Å²) in [6, 6.07) is 8.17. The van der Waals surface area contributed by atoms with E-state index in [1.54, 1.807) is 0 Å². The first-order valence-electron chi connectivity index (χ1n) is 8.71. The standard InChI is InChI=1S/C19H23F4N5/c1-4-24-18(26-12-15-6-5-7-17(27-15)28(2)3)25-11-13-8-9-14(20)10-16(13)19(21,22)23/h5-10H,4,11-12H2,1-3H3,(H2,24,25,26). The molecule has 0 atom stereocenters. The van der Waals surface area contributed by atoms with Gasteiger partial charge in [-0.15, -0.1) is 0 Å². The number of guanidine groups is 1. The molecular formula is C19H23F4N5. The number of alkyl halides is 3. The van der Waals surface area contributed by atoms with Gasteiger partial charge in [-0.3, -0.25) is 0 Å². The van der Waals surface area contributed by atoms with Gasteiger partial charge in [0.2, 0.25) is 0 Å². The van der Waals surface area contributed by atoms with E-state index in [-0.39, 0.29) is 12.1 Å². The van der Waals surface area contributed by atoms with E-state index >= 15 is 0 Å². The summed E-state index contributed by atoms with van der Waals surface area (Å²) < 4.78 is 52.6. The first kappa shape index (κ1) is 21.5. The molecule has 1 heterocycles. The van der Waals surface area contributed by atoms with Crippen LogP contribution in [0.5, 0.6) is 0 Å². The van der Waals surface area contributed by atoms with E-state index in [1.165, 1.54) is 0 Å². The summed E-state index contributed by atoms with van der Waals surface area (Å²) in [5.41, 5.74) is -0.360. The molecule has 9 heteroatoms. The van der Waals surface area contributed by atoms with Crippen molar-refractivity contribution in [1.82, 2.24) is 15.6 Å². The molecule has 1 aromatic carbocycles. The van der Waals surface area contributed by atoms with Crippen LogP contribution in [-0.2, 0) is 19.3 Å². The van der Waals surface area contributed by atoms with Crippen LogP contribution in [0.2, 0.25) is 0 Å². The van der Waals surface area contributed by atoms with E-state index < -0.39 is 17.6 Å². The molecule has 0 bridgehead atoms. The number of nitrogens with zero attached hydrogens (tertiary/aromatic N) is 3. The van der Waals surface area contributed by atoms with Gasteiger partial charge in [0.1, 0.15) is 11.6 Å². The Balaban J connectivity index is 2.14. The van der Waals surface area contributed by atoms with Gasteiger partial charge in [0.15, 0.2) is 5.96 Å². The van der Waals surface area contributed by atoms with Crippen molar-refractivity contribution in [2.24, 2.45) is 4.99 Å². The molecule has 28 heavy (non-hydrogen) atoms. The lowest BCUT2D eigenvalue weighted by Crippen LogP contribution is -2.37. The molecule has 2 N–H and O–H groups in total. The summed E-state index contributed by atoms with van der Waals surface area (Å²) in [7, 11) is 3.76. The van der Waals surface area contributed by atoms with Crippen molar-refractivity contribution < 1.29 is 17.6 Å². The van der Waals surface area contributed by atoms with Crippen molar-refractivity contribution in [3.05, 3.63) is 59.0 Å². The second-order valence-corrected chi connectivity index (χ2v) is 6.23. The minimum atomic E-state index is -4.64. The number of benzene rings is 1. The topological polar surface area (TPSA) is 52.6 Å². The molecule has 152 valence electrons. The largest absolute Gasteiger partial charge is 0.416 e. The predicted molar refractivity (Wildman–Crippen MR) is 102 cm³/mol. The van der Waals surface area contributed by atoms with Gasteiger partial charge in [0.25, 0.3) is 0 Å². The zero-order valence-corrected chi connectivity index (χ0v) is 15.9. The summed E-state index contributed by atoms with van der Waals surface area (Å²) in [6.07, 6.45) is -4.64. The molecule has 0 aliphatic heterocycles. The van der Waals surface area contributed by atoms with E-state index in [2.05, 4.69) is 20.6 Å². The fourth-order valence-corrected chi connectivity index (χ4v) is 2.45. The fraction of sp³-hybridized carbons (Fsp3) is 0.368. The maximum absolute atomic E-state index is 13.2. The lowest BCUT2D eigenvalue weighted by molar-refractivity contribution is -0.138. The Bertz CT molecular complexity index is 818. The highest BCUT2D eigenvalue weighted by Crippen LogP contribution is 2.32. The second-order valence-electron chi connectivity index (χ2n) is 6.23. The number of hydrogen-bond acceptors (Lipinski definition) is 3. The normalized spacial score (nSPS) is 12.0. The molecule has 0 unspecified atom stereocenters. The maximum Gasteiger partial charge on any atom is 0.416 e. The Kier molecular flexibility index (Phi) is 7.19. The van der Waals surface area contributed by atoms with Crippen molar-refractivity contribution in [2.75, 3.05) is 25.5 Å². The quantitative estimate of drug-likeness (QED) is 0.445. The molecule has 5 nitrogen and oxygen atoms in total. The predicted octanol–water partition coefficient (Wildman–Crippen LogP) is 3.56.